The van der Waals surface area contributed by atoms with E-state index in [0.717, 1.165) is 77.0 Å². The van der Waals surface area contributed by atoms with Crippen molar-refractivity contribution in [2.75, 3.05) is 47.5 Å². The number of esters is 2. The number of quaternary nitrogens is 1. The van der Waals surface area contributed by atoms with E-state index >= 15 is 0 Å². The fourth-order valence-corrected chi connectivity index (χ4v) is 7.30. The summed E-state index contributed by atoms with van der Waals surface area (Å²) in [4.78, 5) is 37.7. The van der Waals surface area contributed by atoms with Crippen LogP contribution in [0.2, 0.25) is 0 Å². The van der Waals surface area contributed by atoms with Crippen LogP contribution in [0.1, 0.15) is 206 Å². The number of hydrogen-bond donors (Lipinski definition) is 0. The third-order valence-electron chi connectivity index (χ3n) is 10.5. The Morgan fingerprint density at radius 3 is 1.32 bits per heavy atom. The van der Waals surface area contributed by atoms with Crippen molar-refractivity contribution in [2.24, 2.45) is 0 Å². The molecule has 0 aromatic carbocycles. The van der Waals surface area contributed by atoms with Crippen molar-refractivity contribution < 1.29 is 42.1 Å². The first-order valence-corrected chi connectivity index (χ1v) is 26.5. The van der Waals surface area contributed by atoms with Crippen molar-refractivity contribution in [3.05, 3.63) is 60.8 Å². The van der Waals surface area contributed by atoms with Gasteiger partial charge in [-0.1, -0.05) is 171 Å². The maximum atomic E-state index is 12.7. The lowest BCUT2D eigenvalue weighted by Crippen LogP contribution is -2.37. The molecule has 0 amide bonds. The molecule has 0 radical (unpaired) electrons. The minimum atomic E-state index is -4.64. The number of ether oxygens (including phenoxy) is 2. The number of carbonyl (C=O) groups is 2. The van der Waals surface area contributed by atoms with E-state index in [2.05, 4.69) is 74.6 Å². The Morgan fingerprint density at radius 2 is 0.871 bits per heavy atom. The maximum absolute atomic E-state index is 12.7. The van der Waals surface area contributed by atoms with Crippen molar-refractivity contribution in [1.82, 2.24) is 0 Å². The fraction of sp³-hybridized carbons (Fsp3) is 0.769. The molecule has 0 saturated carbocycles. The van der Waals surface area contributed by atoms with Crippen LogP contribution < -0.4 is 4.89 Å². The summed E-state index contributed by atoms with van der Waals surface area (Å²) in [6.45, 7) is 4.17. The van der Waals surface area contributed by atoms with Gasteiger partial charge in [0.25, 0.3) is 7.82 Å². The zero-order valence-corrected chi connectivity index (χ0v) is 41.4. The number of phosphoric ester groups is 1. The van der Waals surface area contributed by atoms with E-state index in [1.807, 2.05) is 21.1 Å². The highest BCUT2D eigenvalue weighted by atomic mass is 31.2. The maximum Gasteiger partial charge on any atom is 0.306 e. The molecule has 0 aliphatic heterocycles. The molecule has 0 N–H and O–H groups in total. The van der Waals surface area contributed by atoms with Crippen LogP contribution in [0.15, 0.2) is 60.8 Å². The standard InChI is InChI=1S/C52H94NO8P/c1-6-8-10-12-14-16-18-20-22-23-24-25-26-27-28-29-31-33-35-37-39-41-43-45-52(55)61-50(49-60-62(56,57)59-47-46-53(3,4)5)48-58-51(54)44-42-40-38-36-34-32-30-21-19-17-15-13-11-9-7-2/h15,17-18,20-21,23-24,26-27,30,50H,6-14,16,19,22,25,28-29,31-49H2,1-5H3/b17-15-,20-18-,24-23-,27-26-,30-21-. The van der Waals surface area contributed by atoms with Crippen LogP contribution >= 0.6 is 7.82 Å². The van der Waals surface area contributed by atoms with Crippen LogP contribution in [0.3, 0.4) is 0 Å². The molecule has 0 saturated heterocycles. The Labute approximate surface area is 381 Å². The molecule has 360 valence electrons. The van der Waals surface area contributed by atoms with Gasteiger partial charge in [-0.3, -0.25) is 14.2 Å². The second-order valence-electron chi connectivity index (χ2n) is 17.8. The lowest BCUT2D eigenvalue weighted by molar-refractivity contribution is -0.870. The first-order chi connectivity index (χ1) is 30.0. The number of allylic oxidation sites excluding steroid dienone is 10. The van der Waals surface area contributed by atoms with E-state index in [1.165, 1.54) is 89.9 Å². The van der Waals surface area contributed by atoms with Gasteiger partial charge in [0.05, 0.1) is 27.7 Å². The quantitative estimate of drug-likeness (QED) is 0.0195. The molecule has 2 unspecified atom stereocenters. The summed E-state index contributed by atoms with van der Waals surface area (Å²) >= 11 is 0. The minimum Gasteiger partial charge on any atom is -0.756 e. The second-order valence-corrected chi connectivity index (χ2v) is 19.2. The van der Waals surface area contributed by atoms with Gasteiger partial charge >= 0.3 is 11.9 Å². The summed E-state index contributed by atoms with van der Waals surface area (Å²) in [6.07, 6.45) is 53.9. The molecule has 0 aromatic heterocycles. The second kappa shape index (κ2) is 43.9. The molecule has 2 atom stereocenters. The van der Waals surface area contributed by atoms with Crippen molar-refractivity contribution >= 4 is 19.8 Å². The number of likely N-dealkylation sites (N-methyl/N-ethyl adjacent to an activating group) is 1. The zero-order valence-electron chi connectivity index (χ0n) is 40.6. The van der Waals surface area contributed by atoms with Gasteiger partial charge in [-0.2, -0.15) is 0 Å². The Bertz CT molecular complexity index is 1240. The summed E-state index contributed by atoms with van der Waals surface area (Å²) in [6, 6.07) is 0. The van der Waals surface area contributed by atoms with Gasteiger partial charge in [0.1, 0.15) is 19.8 Å². The van der Waals surface area contributed by atoms with Gasteiger partial charge in [0.15, 0.2) is 6.10 Å². The van der Waals surface area contributed by atoms with E-state index in [4.69, 9.17) is 18.5 Å². The van der Waals surface area contributed by atoms with Crippen LogP contribution in [-0.4, -0.2) is 70.0 Å². The molecular weight excluding hydrogens is 798 g/mol. The topological polar surface area (TPSA) is 111 Å². The summed E-state index contributed by atoms with van der Waals surface area (Å²) < 4.78 is 34.0. The molecular formula is C52H94NO8P. The molecule has 0 heterocycles. The monoisotopic (exact) mass is 892 g/mol. The summed E-state index contributed by atoms with van der Waals surface area (Å²) in [7, 11) is 1.15. The van der Waals surface area contributed by atoms with E-state index < -0.39 is 32.5 Å². The molecule has 0 fully saturated rings. The number of unbranched alkanes of at least 4 members (excludes halogenated alkanes) is 21. The third kappa shape index (κ3) is 47.2. The number of hydrogen-bond acceptors (Lipinski definition) is 8. The van der Waals surface area contributed by atoms with Gasteiger partial charge in [0, 0.05) is 12.8 Å². The average molecular weight is 892 g/mol. The largest absolute Gasteiger partial charge is 0.756 e. The predicted molar refractivity (Wildman–Crippen MR) is 259 cm³/mol. The van der Waals surface area contributed by atoms with Crippen molar-refractivity contribution in [2.45, 2.75) is 213 Å². The van der Waals surface area contributed by atoms with Crippen molar-refractivity contribution in [3.63, 3.8) is 0 Å². The number of nitrogens with zero attached hydrogens (tertiary/aromatic N) is 1. The van der Waals surface area contributed by atoms with Gasteiger partial charge in [-0.25, -0.2) is 0 Å². The van der Waals surface area contributed by atoms with Crippen LogP contribution in [0.4, 0.5) is 0 Å². The lowest BCUT2D eigenvalue weighted by Gasteiger charge is -2.28. The first kappa shape index (κ1) is 59.7. The highest BCUT2D eigenvalue weighted by Gasteiger charge is 2.21. The highest BCUT2D eigenvalue weighted by Crippen LogP contribution is 2.38. The Balaban J connectivity index is 4.30. The van der Waals surface area contributed by atoms with Crippen molar-refractivity contribution in [3.8, 4) is 0 Å². The number of carbonyl (C=O) groups excluding carboxylic acids is 2. The predicted octanol–water partition coefficient (Wildman–Crippen LogP) is 14.2. The van der Waals surface area contributed by atoms with Crippen LogP contribution in [0.25, 0.3) is 0 Å². The van der Waals surface area contributed by atoms with Crippen LogP contribution in [0.5, 0.6) is 0 Å². The molecule has 9 nitrogen and oxygen atoms in total. The summed E-state index contributed by atoms with van der Waals surface area (Å²) in [5, 5.41) is 0. The number of phosphoric acid groups is 1. The molecule has 0 bridgehead atoms. The minimum absolute atomic E-state index is 0.0371. The Kier molecular flexibility index (Phi) is 42.3. The van der Waals surface area contributed by atoms with Crippen LogP contribution in [-0.2, 0) is 32.7 Å². The van der Waals surface area contributed by atoms with E-state index in [0.29, 0.717) is 23.9 Å². The molecule has 0 aliphatic carbocycles. The molecule has 0 spiro atoms. The van der Waals surface area contributed by atoms with Crippen LogP contribution in [0, 0.1) is 0 Å². The molecule has 0 aliphatic rings. The van der Waals surface area contributed by atoms with Gasteiger partial charge < -0.3 is 27.9 Å². The Hall–Kier alpha value is -2.29. The van der Waals surface area contributed by atoms with E-state index in [-0.39, 0.29) is 26.1 Å². The lowest BCUT2D eigenvalue weighted by atomic mass is 10.1. The van der Waals surface area contributed by atoms with Gasteiger partial charge in [-0.15, -0.1) is 0 Å². The molecule has 62 heavy (non-hydrogen) atoms. The molecule has 10 heteroatoms. The molecule has 0 aromatic rings. The normalized spacial score (nSPS) is 14.0. The smallest absolute Gasteiger partial charge is 0.306 e. The summed E-state index contributed by atoms with van der Waals surface area (Å²) in [5.41, 5.74) is 0. The Morgan fingerprint density at radius 1 is 0.500 bits per heavy atom. The number of rotatable bonds is 45. The average Bonchev–Trinajstić information content (AvgIpc) is 3.23. The van der Waals surface area contributed by atoms with Crippen molar-refractivity contribution in [1.29, 1.82) is 0 Å². The highest BCUT2D eigenvalue weighted by molar-refractivity contribution is 7.45. The molecule has 0 rings (SSSR count). The summed E-state index contributed by atoms with van der Waals surface area (Å²) in [5.74, 6) is -0.859. The fourth-order valence-electron chi connectivity index (χ4n) is 6.57. The SMILES string of the molecule is CCCCC/C=C\C/C=C\CCCCCCCC(=O)OCC(COP(=O)([O-])OCC[N+](C)(C)C)OC(=O)CCCCCCCCCC/C=C\C/C=C\C/C=C\CCCCCCC. The third-order valence-corrected chi connectivity index (χ3v) is 11.5. The van der Waals surface area contributed by atoms with Gasteiger partial charge in [-0.05, 0) is 83.5 Å². The van der Waals surface area contributed by atoms with E-state index in [9.17, 15) is 19.0 Å². The van der Waals surface area contributed by atoms with Gasteiger partial charge in [0.2, 0.25) is 0 Å². The zero-order chi connectivity index (χ0) is 45.7. The first-order valence-electron chi connectivity index (χ1n) is 25.0. The van der Waals surface area contributed by atoms with E-state index in [1.54, 1.807) is 0 Å².